The molecule has 0 bridgehead atoms. The van der Waals surface area contributed by atoms with Crippen molar-refractivity contribution in [3.63, 3.8) is 0 Å². The first-order chi connectivity index (χ1) is 23.3. The first kappa shape index (κ1) is 38.1. The number of aromatic amines is 2. The number of benzene rings is 1. The van der Waals surface area contributed by atoms with E-state index >= 15 is 0 Å². The van der Waals surface area contributed by atoms with E-state index in [2.05, 4.69) is 62.5 Å². The number of carboxylic acids is 1. The average Bonchev–Trinajstić information content (AvgIpc) is 3.78. The molecule has 19 heteroatoms. The number of rotatable bonds is 20. The number of carbonyl (C=O) groups excluding carboxylic acids is 4. The molecule has 4 amide bonds. The second-order valence-electron chi connectivity index (χ2n) is 12.4. The molecule has 0 radical (unpaired) electrons. The molecule has 0 spiro atoms. The quantitative estimate of drug-likeness (QED) is 0.0679. The Morgan fingerprint density at radius 3 is 1.67 bits per heavy atom. The number of carboxylic acid groups (broad SMARTS) is 1. The standard InChI is InChI=1S/C30H45N13O6/c1-16(2)14-22(34-26(44)19(31)15-18-8-6-5-7-9-18)29(47)33-20(10-12-23-36-40-41-37-23)27(45)32-21(11-13-24-38-42-43-39-24)28(46)35-25(17(3)4)30(48)49/h5-9,16-17,19-22,25H,10-15,31H2,1-4H3,(H,32,45)(H,33,47)(H,34,44)(H,35,46)(H,48,49)(H,36,37,40,41)(H,38,39,42,43)/t19-,20-,21-,22-,25-/m0/s1. The second-order valence-corrected chi connectivity index (χ2v) is 12.4. The Balaban J connectivity index is 1.80. The van der Waals surface area contributed by atoms with E-state index in [1.54, 1.807) is 13.8 Å². The Bertz CT molecular complexity index is 1490. The summed E-state index contributed by atoms with van der Waals surface area (Å²) >= 11 is 0. The third-order valence-electron chi connectivity index (χ3n) is 7.56. The van der Waals surface area contributed by atoms with Crippen LogP contribution in [0.5, 0.6) is 0 Å². The molecule has 3 aromatic rings. The van der Waals surface area contributed by atoms with E-state index < -0.39 is 65.7 Å². The van der Waals surface area contributed by atoms with Crippen LogP contribution in [0.15, 0.2) is 30.3 Å². The van der Waals surface area contributed by atoms with E-state index in [1.165, 1.54) is 0 Å². The zero-order valence-electron chi connectivity index (χ0n) is 27.9. The number of H-pyrrole nitrogens is 2. The van der Waals surface area contributed by atoms with E-state index in [1.807, 2.05) is 44.2 Å². The summed E-state index contributed by atoms with van der Waals surface area (Å²) in [5.41, 5.74) is 7.03. The van der Waals surface area contributed by atoms with Gasteiger partial charge in [-0.1, -0.05) is 68.5 Å². The summed E-state index contributed by atoms with van der Waals surface area (Å²) < 4.78 is 0. The van der Waals surface area contributed by atoms with Gasteiger partial charge in [0.25, 0.3) is 0 Å². The highest BCUT2D eigenvalue weighted by Gasteiger charge is 2.33. The average molecular weight is 684 g/mol. The van der Waals surface area contributed by atoms with Crippen LogP contribution in [0.1, 0.15) is 64.2 Å². The molecule has 0 aliphatic carbocycles. The highest BCUT2D eigenvalue weighted by molar-refractivity contribution is 5.95. The molecule has 0 saturated heterocycles. The highest BCUT2D eigenvalue weighted by Crippen LogP contribution is 2.10. The minimum atomic E-state index is -1.24. The van der Waals surface area contributed by atoms with Gasteiger partial charge in [0, 0.05) is 12.8 Å². The van der Waals surface area contributed by atoms with Crippen LogP contribution in [0, 0.1) is 11.8 Å². The van der Waals surface area contributed by atoms with Crippen molar-refractivity contribution >= 4 is 29.6 Å². The van der Waals surface area contributed by atoms with Crippen molar-refractivity contribution < 1.29 is 29.1 Å². The summed E-state index contributed by atoms with van der Waals surface area (Å²) in [5.74, 6) is -3.83. The minimum absolute atomic E-state index is 0.00407. The lowest BCUT2D eigenvalue weighted by Crippen LogP contribution is -2.59. The molecule has 9 N–H and O–H groups in total. The predicted molar refractivity (Wildman–Crippen MR) is 173 cm³/mol. The zero-order valence-corrected chi connectivity index (χ0v) is 27.9. The van der Waals surface area contributed by atoms with Crippen LogP contribution >= 0.6 is 0 Å². The van der Waals surface area contributed by atoms with Crippen LogP contribution in [0.4, 0.5) is 0 Å². The summed E-state index contributed by atoms with van der Waals surface area (Å²) in [6, 6.07) is 3.57. The monoisotopic (exact) mass is 683 g/mol. The largest absolute Gasteiger partial charge is 0.480 e. The number of hydrogen-bond donors (Lipinski definition) is 8. The molecule has 19 nitrogen and oxygen atoms in total. The second kappa shape index (κ2) is 18.9. The van der Waals surface area contributed by atoms with Crippen LogP contribution < -0.4 is 27.0 Å². The van der Waals surface area contributed by atoms with Crippen LogP contribution in [0.25, 0.3) is 0 Å². The van der Waals surface area contributed by atoms with E-state index in [-0.39, 0.29) is 56.1 Å². The molecule has 266 valence electrons. The van der Waals surface area contributed by atoms with Gasteiger partial charge < -0.3 is 32.1 Å². The Hall–Kier alpha value is -5.33. The molecular formula is C30H45N13O6. The van der Waals surface area contributed by atoms with Gasteiger partial charge in [-0.2, -0.15) is 10.4 Å². The number of aliphatic carboxylic acids is 1. The fourth-order valence-corrected chi connectivity index (χ4v) is 4.92. The SMILES string of the molecule is CC(C)C[C@H](NC(=O)[C@@H](N)Cc1ccccc1)C(=O)N[C@@H](CCc1nn[nH]n1)C(=O)N[C@@H](CCc1nn[nH]n1)C(=O)N[C@H](C(=O)O)C(C)C. The topological polar surface area (TPSA) is 289 Å². The smallest absolute Gasteiger partial charge is 0.326 e. The normalized spacial score (nSPS) is 14.3. The van der Waals surface area contributed by atoms with Crippen molar-refractivity contribution in [1.29, 1.82) is 0 Å². The maximum atomic E-state index is 13.8. The number of nitrogens with two attached hydrogens (primary N) is 1. The van der Waals surface area contributed by atoms with Gasteiger partial charge in [0.05, 0.1) is 6.04 Å². The first-order valence-corrected chi connectivity index (χ1v) is 16.0. The van der Waals surface area contributed by atoms with Gasteiger partial charge >= 0.3 is 5.97 Å². The number of nitrogens with one attached hydrogen (secondary N) is 6. The molecule has 3 rings (SSSR count). The molecule has 1 aromatic carbocycles. The van der Waals surface area contributed by atoms with Crippen LogP contribution in [-0.2, 0) is 43.2 Å². The number of aryl methyl sites for hydroxylation is 2. The number of aromatic nitrogens is 8. The highest BCUT2D eigenvalue weighted by atomic mass is 16.4. The van der Waals surface area contributed by atoms with Crippen molar-refractivity contribution in [3.05, 3.63) is 47.5 Å². The van der Waals surface area contributed by atoms with Gasteiger partial charge in [-0.25, -0.2) is 4.79 Å². The zero-order chi connectivity index (χ0) is 35.9. The van der Waals surface area contributed by atoms with Crippen LogP contribution in [-0.4, -0.2) is 106 Å². The van der Waals surface area contributed by atoms with E-state index in [0.29, 0.717) is 0 Å². The minimum Gasteiger partial charge on any atom is -0.480 e. The molecule has 0 saturated carbocycles. The maximum absolute atomic E-state index is 13.8. The van der Waals surface area contributed by atoms with E-state index in [0.717, 1.165) is 5.56 Å². The summed E-state index contributed by atoms with van der Waals surface area (Å²) in [4.78, 5) is 65.8. The molecule has 0 unspecified atom stereocenters. The van der Waals surface area contributed by atoms with E-state index in [4.69, 9.17) is 5.73 Å². The fourth-order valence-electron chi connectivity index (χ4n) is 4.92. The molecule has 0 aliphatic heterocycles. The maximum Gasteiger partial charge on any atom is 0.326 e. The lowest BCUT2D eigenvalue weighted by atomic mass is 10.00. The van der Waals surface area contributed by atoms with Crippen molar-refractivity contribution in [2.24, 2.45) is 17.6 Å². The van der Waals surface area contributed by atoms with Gasteiger partial charge in [0.2, 0.25) is 23.6 Å². The molecule has 49 heavy (non-hydrogen) atoms. The lowest BCUT2D eigenvalue weighted by molar-refractivity contribution is -0.143. The molecule has 2 heterocycles. The Morgan fingerprint density at radius 2 is 1.22 bits per heavy atom. The van der Waals surface area contributed by atoms with Crippen molar-refractivity contribution in [2.45, 2.75) is 96.4 Å². The van der Waals surface area contributed by atoms with Gasteiger partial charge in [0.15, 0.2) is 11.6 Å². The summed E-state index contributed by atoms with van der Waals surface area (Å²) in [6.45, 7) is 7.03. The van der Waals surface area contributed by atoms with E-state index in [9.17, 15) is 29.1 Å². The summed E-state index contributed by atoms with van der Waals surface area (Å²) in [5, 5.41) is 47.4. The third kappa shape index (κ3) is 12.7. The first-order valence-electron chi connectivity index (χ1n) is 16.0. The Labute approximate surface area is 282 Å². The number of hydrogen-bond acceptors (Lipinski definition) is 12. The van der Waals surface area contributed by atoms with Crippen LogP contribution in [0.2, 0.25) is 0 Å². The number of carbonyl (C=O) groups is 5. The van der Waals surface area contributed by atoms with Crippen molar-refractivity contribution in [2.75, 3.05) is 0 Å². The lowest BCUT2D eigenvalue weighted by Gasteiger charge is -2.27. The number of tetrazole rings is 2. The van der Waals surface area contributed by atoms with Gasteiger partial charge in [0.1, 0.15) is 24.2 Å². The molecular weight excluding hydrogens is 638 g/mol. The number of amides is 4. The molecule has 2 aromatic heterocycles. The van der Waals surface area contributed by atoms with Gasteiger partial charge in [-0.05, 0) is 43.1 Å². The summed E-state index contributed by atoms with van der Waals surface area (Å²) in [6.07, 6.45) is 0.710. The Morgan fingerprint density at radius 1 is 0.735 bits per heavy atom. The van der Waals surface area contributed by atoms with Gasteiger partial charge in [-0.3, -0.25) is 19.2 Å². The Kier molecular flexibility index (Phi) is 14.7. The molecule has 0 fully saturated rings. The summed E-state index contributed by atoms with van der Waals surface area (Å²) in [7, 11) is 0. The van der Waals surface area contributed by atoms with Crippen LogP contribution in [0.3, 0.4) is 0 Å². The molecule has 0 aliphatic rings. The molecule has 5 atom stereocenters. The predicted octanol–water partition coefficient (Wildman–Crippen LogP) is -1.43. The van der Waals surface area contributed by atoms with Crippen molar-refractivity contribution in [1.82, 2.24) is 62.5 Å². The fraction of sp³-hybridized carbons (Fsp3) is 0.567. The third-order valence-corrected chi connectivity index (χ3v) is 7.56. The van der Waals surface area contributed by atoms with Gasteiger partial charge in [-0.15, -0.1) is 20.4 Å². The number of nitrogens with zero attached hydrogens (tertiary/aromatic N) is 6. The van der Waals surface area contributed by atoms with Crippen molar-refractivity contribution in [3.8, 4) is 0 Å².